The van der Waals surface area contributed by atoms with Gasteiger partial charge >= 0.3 is 0 Å². The van der Waals surface area contributed by atoms with E-state index >= 15 is 0 Å². The van der Waals surface area contributed by atoms with E-state index in [1.807, 2.05) is 14.0 Å². The van der Waals surface area contributed by atoms with E-state index in [4.69, 9.17) is 5.11 Å². The minimum absolute atomic E-state index is 0.0849. The fourth-order valence-corrected chi connectivity index (χ4v) is 0.719. The lowest BCUT2D eigenvalue weighted by Crippen LogP contribution is -2.11. The second-order valence-corrected chi connectivity index (χ2v) is 2.31. The van der Waals surface area contributed by atoms with Gasteiger partial charge in [-0.1, -0.05) is 6.92 Å². The van der Waals surface area contributed by atoms with Crippen LogP contribution in [-0.4, -0.2) is 24.8 Å². The minimum Gasteiger partial charge on any atom is -0.393 e. The molecule has 1 atom stereocenters. The zero-order valence-electron chi connectivity index (χ0n) is 6.35. The summed E-state index contributed by atoms with van der Waals surface area (Å²) in [5, 5.41) is 12.1. The fourth-order valence-electron chi connectivity index (χ4n) is 0.719. The van der Waals surface area contributed by atoms with Crippen molar-refractivity contribution in [3.63, 3.8) is 0 Å². The Morgan fingerprint density at radius 1 is 1.56 bits per heavy atom. The summed E-state index contributed by atoms with van der Waals surface area (Å²) in [4.78, 5) is 0. The molecule has 0 aromatic heterocycles. The van der Waals surface area contributed by atoms with Gasteiger partial charge in [0.1, 0.15) is 0 Å². The third-order valence-corrected chi connectivity index (χ3v) is 1.44. The van der Waals surface area contributed by atoms with Crippen LogP contribution in [0.3, 0.4) is 0 Å². The van der Waals surface area contributed by atoms with Crippen molar-refractivity contribution >= 4 is 0 Å². The molecule has 0 amide bonds. The molecule has 2 nitrogen and oxygen atoms in total. The van der Waals surface area contributed by atoms with Crippen LogP contribution >= 0.6 is 0 Å². The van der Waals surface area contributed by atoms with Crippen LogP contribution in [0.5, 0.6) is 0 Å². The average molecular weight is 131 g/mol. The SMILES string of the molecule is CCC(O)CCCNC. The van der Waals surface area contributed by atoms with E-state index in [1.54, 1.807) is 0 Å². The molecule has 0 spiro atoms. The maximum absolute atomic E-state index is 9.06. The highest BCUT2D eigenvalue weighted by Crippen LogP contribution is 1.98. The Labute approximate surface area is 57.3 Å². The average Bonchev–Trinajstić information content (AvgIpc) is 1.89. The molecule has 0 aliphatic carbocycles. The lowest BCUT2D eigenvalue weighted by molar-refractivity contribution is 0.157. The van der Waals surface area contributed by atoms with Crippen molar-refractivity contribution < 1.29 is 5.11 Å². The van der Waals surface area contributed by atoms with Crippen LogP contribution in [-0.2, 0) is 0 Å². The van der Waals surface area contributed by atoms with E-state index in [0.29, 0.717) is 0 Å². The molecule has 0 bridgehead atoms. The lowest BCUT2D eigenvalue weighted by Gasteiger charge is -2.05. The molecule has 1 unspecified atom stereocenters. The van der Waals surface area contributed by atoms with Crippen LogP contribution in [0.1, 0.15) is 26.2 Å². The summed E-state index contributed by atoms with van der Waals surface area (Å²) in [5.41, 5.74) is 0. The number of hydrogen-bond donors (Lipinski definition) is 2. The van der Waals surface area contributed by atoms with Gasteiger partial charge in [0.15, 0.2) is 0 Å². The van der Waals surface area contributed by atoms with Gasteiger partial charge < -0.3 is 10.4 Å². The number of nitrogens with one attached hydrogen (secondary N) is 1. The van der Waals surface area contributed by atoms with Crippen molar-refractivity contribution in [1.29, 1.82) is 0 Å². The van der Waals surface area contributed by atoms with Crippen molar-refractivity contribution in [2.75, 3.05) is 13.6 Å². The summed E-state index contributed by atoms with van der Waals surface area (Å²) in [7, 11) is 1.93. The first-order valence-corrected chi connectivity index (χ1v) is 3.64. The molecule has 9 heavy (non-hydrogen) atoms. The topological polar surface area (TPSA) is 32.3 Å². The van der Waals surface area contributed by atoms with E-state index in [-0.39, 0.29) is 6.10 Å². The van der Waals surface area contributed by atoms with Gasteiger partial charge in [-0.05, 0) is 32.9 Å². The van der Waals surface area contributed by atoms with E-state index in [1.165, 1.54) is 0 Å². The van der Waals surface area contributed by atoms with Crippen LogP contribution in [0.2, 0.25) is 0 Å². The number of aliphatic hydroxyl groups is 1. The highest BCUT2D eigenvalue weighted by Gasteiger charge is 1.97. The summed E-state index contributed by atoms with van der Waals surface area (Å²) in [5.74, 6) is 0. The largest absolute Gasteiger partial charge is 0.393 e. The smallest absolute Gasteiger partial charge is 0.0538 e. The van der Waals surface area contributed by atoms with Crippen molar-refractivity contribution in [1.82, 2.24) is 5.32 Å². The summed E-state index contributed by atoms with van der Waals surface area (Å²) < 4.78 is 0. The molecule has 0 rings (SSSR count). The van der Waals surface area contributed by atoms with E-state index in [0.717, 1.165) is 25.8 Å². The van der Waals surface area contributed by atoms with Crippen molar-refractivity contribution in [3.8, 4) is 0 Å². The van der Waals surface area contributed by atoms with Crippen molar-refractivity contribution in [2.24, 2.45) is 0 Å². The number of rotatable bonds is 5. The molecule has 0 fully saturated rings. The normalized spacial score (nSPS) is 13.7. The van der Waals surface area contributed by atoms with E-state index in [9.17, 15) is 0 Å². The van der Waals surface area contributed by atoms with Gasteiger partial charge in [0.2, 0.25) is 0 Å². The first-order valence-electron chi connectivity index (χ1n) is 3.64. The number of hydrogen-bond acceptors (Lipinski definition) is 2. The Bertz CT molecular complexity index is 56.9. The molecule has 2 N–H and O–H groups in total. The van der Waals surface area contributed by atoms with Crippen LogP contribution in [0.15, 0.2) is 0 Å². The van der Waals surface area contributed by atoms with Crippen LogP contribution in [0, 0.1) is 0 Å². The van der Waals surface area contributed by atoms with Gasteiger partial charge in [-0.15, -0.1) is 0 Å². The molecule has 0 aromatic carbocycles. The first kappa shape index (κ1) is 8.92. The summed E-state index contributed by atoms with van der Waals surface area (Å²) in [6, 6.07) is 0. The van der Waals surface area contributed by atoms with Gasteiger partial charge in [-0.25, -0.2) is 0 Å². The van der Waals surface area contributed by atoms with Crippen molar-refractivity contribution in [2.45, 2.75) is 32.3 Å². The molecule has 0 radical (unpaired) electrons. The third kappa shape index (κ3) is 5.80. The van der Waals surface area contributed by atoms with E-state index in [2.05, 4.69) is 5.32 Å². The third-order valence-electron chi connectivity index (χ3n) is 1.44. The summed E-state index contributed by atoms with van der Waals surface area (Å²) >= 11 is 0. The molecule has 0 aliphatic rings. The monoisotopic (exact) mass is 131 g/mol. The molecule has 0 heterocycles. The van der Waals surface area contributed by atoms with Crippen LogP contribution < -0.4 is 5.32 Å². The van der Waals surface area contributed by atoms with Crippen molar-refractivity contribution in [3.05, 3.63) is 0 Å². The zero-order valence-corrected chi connectivity index (χ0v) is 6.35. The molecule has 56 valence electrons. The predicted octanol–water partition coefficient (Wildman–Crippen LogP) is 0.757. The molecule has 0 saturated heterocycles. The Balaban J connectivity index is 2.88. The van der Waals surface area contributed by atoms with Crippen LogP contribution in [0.25, 0.3) is 0 Å². The van der Waals surface area contributed by atoms with Gasteiger partial charge in [0.25, 0.3) is 0 Å². The molecular formula is C7H17NO. The molecule has 0 aliphatic heterocycles. The fraction of sp³-hybridized carbons (Fsp3) is 1.00. The highest BCUT2D eigenvalue weighted by molar-refractivity contribution is 4.52. The maximum Gasteiger partial charge on any atom is 0.0538 e. The van der Waals surface area contributed by atoms with Gasteiger partial charge in [-0.2, -0.15) is 0 Å². The second kappa shape index (κ2) is 6.05. The quantitative estimate of drug-likeness (QED) is 0.540. The zero-order chi connectivity index (χ0) is 7.11. The highest BCUT2D eigenvalue weighted by atomic mass is 16.3. The molecular weight excluding hydrogens is 114 g/mol. The molecule has 2 heteroatoms. The Kier molecular flexibility index (Phi) is 5.99. The Morgan fingerprint density at radius 3 is 2.67 bits per heavy atom. The molecule has 0 aromatic rings. The number of aliphatic hydroxyl groups excluding tert-OH is 1. The Morgan fingerprint density at radius 2 is 2.22 bits per heavy atom. The second-order valence-electron chi connectivity index (χ2n) is 2.31. The minimum atomic E-state index is -0.0849. The first-order chi connectivity index (χ1) is 4.31. The summed E-state index contributed by atoms with van der Waals surface area (Å²) in [6.07, 6.45) is 2.80. The van der Waals surface area contributed by atoms with Gasteiger partial charge in [0, 0.05) is 0 Å². The lowest BCUT2D eigenvalue weighted by atomic mass is 10.1. The van der Waals surface area contributed by atoms with Gasteiger partial charge in [-0.3, -0.25) is 0 Å². The van der Waals surface area contributed by atoms with Crippen LogP contribution in [0.4, 0.5) is 0 Å². The van der Waals surface area contributed by atoms with Gasteiger partial charge in [0.05, 0.1) is 6.10 Å². The van der Waals surface area contributed by atoms with E-state index < -0.39 is 0 Å². The standard InChI is InChI=1S/C7H17NO/c1-3-7(9)5-4-6-8-2/h7-9H,3-6H2,1-2H3. The molecule has 0 saturated carbocycles. The predicted molar refractivity (Wildman–Crippen MR) is 39.5 cm³/mol. The summed E-state index contributed by atoms with van der Waals surface area (Å²) in [6.45, 7) is 3.01. The maximum atomic E-state index is 9.06. The Hall–Kier alpha value is -0.0800.